The largest absolute Gasteiger partial charge is 0.481 e. The van der Waals surface area contributed by atoms with E-state index >= 15 is 0 Å². The van der Waals surface area contributed by atoms with E-state index in [1.165, 1.54) is 23.1 Å². The van der Waals surface area contributed by atoms with E-state index in [0.29, 0.717) is 9.60 Å². The number of amides is 2. The van der Waals surface area contributed by atoms with Gasteiger partial charge in [0, 0.05) is 13.1 Å². The van der Waals surface area contributed by atoms with E-state index in [1.807, 2.05) is 6.07 Å². The maximum Gasteiger partial charge on any atom is 0.323 e. The minimum Gasteiger partial charge on any atom is -0.481 e. The molecule has 1 fully saturated rings. The summed E-state index contributed by atoms with van der Waals surface area (Å²) in [5, 5.41) is 11.9. The zero-order valence-electron chi connectivity index (χ0n) is 15.0. The average molecular weight is 488 g/mol. The normalized spacial score (nSPS) is 18.8. The first kappa shape index (κ1) is 21.1. The van der Waals surface area contributed by atoms with Gasteiger partial charge in [0.15, 0.2) is 5.13 Å². The Bertz CT molecular complexity index is 880. The molecule has 6 nitrogen and oxygen atoms in total. The van der Waals surface area contributed by atoms with Crippen LogP contribution in [0.25, 0.3) is 0 Å². The summed E-state index contributed by atoms with van der Waals surface area (Å²) in [6.45, 7) is 0. The second kappa shape index (κ2) is 9.23. The van der Waals surface area contributed by atoms with Gasteiger partial charge in [-0.15, -0.1) is 11.8 Å². The van der Waals surface area contributed by atoms with E-state index < -0.39 is 5.97 Å². The van der Waals surface area contributed by atoms with Gasteiger partial charge in [-0.25, -0.2) is 14.2 Å². The van der Waals surface area contributed by atoms with Crippen molar-refractivity contribution in [3.63, 3.8) is 0 Å². The molecule has 2 atom stereocenters. The van der Waals surface area contributed by atoms with Crippen LogP contribution in [0.2, 0.25) is 0 Å². The van der Waals surface area contributed by atoms with Gasteiger partial charge in [0.1, 0.15) is 5.82 Å². The second-order valence-electron chi connectivity index (χ2n) is 6.55. The predicted molar refractivity (Wildman–Crippen MR) is 112 cm³/mol. The Morgan fingerprint density at radius 1 is 1.46 bits per heavy atom. The lowest BCUT2D eigenvalue weighted by Gasteiger charge is -2.24. The van der Waals surface area contributed by atoms with Crippen molar-refractivity contribution in [2.45, 2.75) is 35.4 Å². The van der Waals surface area contributed by atoms with Crippen molar-refractivity contribution in [3.05, 3.63) is 40.2 Å². The number of thioether (sulfide) groups is 1. The van der Waals surface area contributed by atoms with Crippen LogP contribution < -0.4 is 5.32 Å². The number of hydrogen-bond acceptors (Lipinski definition) is 5. The second-order valence-corrected chi connectivity index (χ2v) is 9.71. The van der Waals surface area contributed by atoms with E-state index in [4.69, 9.17) is 5.11 Å². The number of hydrogen-bond donors (Lipinski definition) is 2. The summed E-state index contributed by atoms with van der Waals surface area (Å²) >= 11 is 5.59. The molecule has 1 heterocycles. The zero-order valence-corrected chi connectivity index (χ0v) is 18.2. The lowest BCUT2D eigenvalue weighted by atomic mass is 9.97. The number of carbonyl (C=O) groups excluding carboxylic acids is 1. The number of aromatic nitrogens is 1. The number of anilines is 1. The van der Waals surface area contributed by atoms with Crippen LogP contribution in [0.15, 0.2) is 33.1 Å². The Morgan fingerprint density at radius 3 is 2.96 bits per heavy atom. The number of thiazole rings is 1. The molecule has 0 saturated heterocycles. The van der Waals surface area contributed by atoms with Gasteiger partial charge < -0.3 is 10.0 Å². The molecule has 2 aromatic rings. The Labute approximate surface area is 178 Å². The first-order chi connectivity index (χ1) is 13.3. The quantitative estimate of drug-likeness (QED) is 0.558. The SMILES string of the molecule is CN(C(=O)Nc1ncc(SCC(=O)O)s1)C1CCC(c2ccc(Br)c(F)c2)C1. The number of nitrogens with one attached hydrogen (secondary N) is 1. The van der Waals surface area contributed by atoms with Gasteiger partial charge in [-0.1, -0.05) is 17.4 Å². The van der Waals surface area contributed by atoms with Crippen molar-refractivity contribution < 1.29 is 19.1 Å². The van der Waals surface area contributed by atoms with Gasteiger partial charge in [0.05, 0.1) is 20.6 Å². The number of benzene rings is 1. The van der Waals surface area contributed by atoms with E-state index in [9.17, 15) is 14.0 Å². The molecule has 1 aliphatic rings. The van der Waals surface area contributed by atoms with Crippen LogP contribution in [-0.4, -0.2) is 45.8 Å². The first-order valence-electron chi connectivity index (χ1n) is 8.62. The fourth-order valence-corrected chi connectivity index (χ4v) is 5.07. The minimum atomic E-state index is -0.898. The highest BCUT2D eigenvalue weighted by atomic mass is 79.9. The molecule has 0 aliphatic heterocycles. The number of rotatable bonds is 6. The van der Waals surface area contributed by atoms with Crippen LogP contribution in [-0.2, 0) is 4.79 Å². The van der Waals surface area contributed by atoms with Gasteiger partial charge in [0.2, 0.25) is 0 Å². The summed E-state index contributed by atoms with van der Waals surface area (Å²) in [5.41, 5.74) is 0.956. The van der Waals surface area contributed by atoms with E-state index in [-0.39, 0.29) is 29.6 Å². The molecule has 0 radical (unpaired) electrons. The summed E-state index contributed by atoms with van der Waals surface area (Å²) in [5.74, 6) is -0.991. The van der Waals surface area contributed by atoms with Gasteiger partial charge in [-0.2, -0.15) is 0 Å². The van der Waals surface area contributed by atoms with Crippen molar-refractivity contribution >= 4 is 56.2 Å². The molecular weight excluding hydrogens is 469 g/mol. The lowest BCUT2D eigenvalue weighted by Crippen LogP contribution is -2.38. The Balaban J connectivity index is 1.55. The average Bonchev–Trinajstić information content (AvgIpc) is 3.31. The van der Waals surface area contributed by atoms with E-state index in [1.54, 1.807) is 30.3 Å². The standard InChI is InChI=1S/C18H19BrFN3O3S2/c1-23(18(26)22-17-21-8-16(28-17)27-9-15(24)25)12-4-2-10(6-12)11-3-5-13(19)14(20)7-11/h3,5,7-8,10,12H,2,4,6,9H2,1H3,(H,24,25)(H,21,22,26). The summed E-state index contributed by atoms with van der Waals surface area (Å²) < 4.78 is 15.0. The van der Waals surface area contributed by atoms with E-state index in [2.05, 4.69) is 26.2 Å². The molecular formula is C18H19BrFN3O3S2. The van der Waals surface area contributed by atoms with Crippen LogP contribution in [0, 0.1) is 5.82 Å². The number of urea groups is 1. The Morgan fingerprint density at radius 2 is 2.25 bits per heavy atom. The van der Waals surface area contributed by atoms with Crippen LogP contribution in [0.3, 0.4) is 0 Å². The number of halogens is 2. The molecule has 2 N–H and O–H groups in total. The van der Waals surface area contributed by atoms with Gasteiger partial charge in [-0.3, -0.25) is 10.1 Å². The van der Waals surface area contributed by atoms with E-state index in [0.717, 1.165) is 29.0 Å². The summed E-state index contributed by atoms with van der Waals surface area (Å²) in [6, 6.07) is 5.01. The number of carboxylic acids is 1. The molecule has 2 unspecified atom stereocenters. The zero-order chi connectivity index (χ0) is 20.3. The number of nitrogens with zero attached hydrogens (tertiary/aromatic N) is 2. The molecule has 10 heteroatoms. The van der Waals surface area contributed by atoms with Crippen molar-refractivity contribution in [2.75, 3.05) is 18.1 Å². The smallest absolute Gasteiger partial charge is 0.323 e. The van der Waals surface area contributed by atoms with Crippen LogP contribution in [0.5, 0.6) is 0 Å². The minimum absolute atomic E-state index is 0.0460. The lowest BCUT2D eigenvalue weighted by molar-refractivity contribution is -0.133. The summed E-state index contributed by atoms with van der Waals surface area (Å²) in [6.07, 6.45) is 4.09. The maximum absolute atomic E-state index is 13.8. The summed E-state index contributed by atoms with van der Waals surface area (Å²) in [4.78, 5) is 28.9. The topological polar surface area (TPSA) is 82.5 Å². The monoisotopic (exact) mass is 487 g/mol. The fraction of sp³-hybridized carbons (Fsp3) is 0.389. The predicted octanol–water partition coefficient (Wildman–Crippen LogP) is 5.02. The maximum atomic E-state index is 13.8. The third-order valence-corrected chi connectivity index (χ3v) is 7.46. The van der Waals surface area contributed by atoms with Crippen LogP contribution in [0.1, 0.15) is 30.7 Å². The first-order valence-corrected chi connectivity index (χ1v) is 11.2. The van der Waals surface area contributed by atoms with Crippen molar-refractivity contribution in [1.29, 1.82) is 0 Å². The Kier molecular flexibility index (Phi) is 6.95. The highest BCUT2D eigenvalue weighted by Gasteiger charge is 2.31. The van der Waals surface area contributed by atoms with Gasteiger partial charge in [0.25, 0.3) is 0 Å². The molecule has 2 amide bonds. The molecule has 0 spiro atoms. The molecule has 1 aromatic carbocycles. The summed E-state index contributed by atoms with van der Waals surface area (Å²) in [7, 11) is 1.75. The number of aliphatic carboxylic acids is 1. The molecule has 0 bridgehead atoms. The molecule has 150 valence electrons. The highest BCUT2D eigenvalue weighted by molar-refractivity contribution is 9.10. The van der Waals surface area contributed by atoms with Crippen LogP contribution >= 0.6 is 39.0 Å². The third-order valence-electron chi connectivity index (χ3n) is 4.72. The molecule has 1 saturated carbocycles. The Hall–Kier alpha value is -1.65. The van der Waals surface area contributed by atoms with Crippen molar-refractivity contribution in [3.8, 4) is 0 Å². The molecule has 28 heavy (non-hydrogen) atoms. The molecule has 3 rings (SSSR count). The van der Waals surface area contributed by atoms with Crippen molar-refractivity contribution in [1.82, 2.24) is 9.88 Å². The number of carbonyl (C=O) groups is 2. The van der Waals surface area contributed by atoms with Crippen molar-refractivity contribution in [2.24, 2.45) is 0 Å². The molecule has 1 aliphatic carbocycles. The fourth-order valence-electron chi connectivity index (χ4n) is 3.24. The molecule has 1 aromatic heterocycles. The van der Waals surface area contributed by atoms with Crippen LogP contribution in [0.4, 0.5) is 14.3 Å². The number of carboxylic acid groups (broad SMARTS) is 1. The van der Waals surface area contributed by atoms with Gasteiger partial charge >= 0.3 is 12.0 Å². The highest BCUT2D eigenvalue weighted by Crippen LogP contribution is 2.38. The van der Waals surface area contributed by atoms with Gasteiger partial charge in [-0.05, 0) is 58.8 Å². The third kappa shape index (κ3) is 5.24.